The zero-order valence-corrected chi connectivity index (χ0v) is 10.4. The lowest BCUT2D eigenvalue weighted by molar-refractivity contribution is 0.102. The Bertz CT molecular complexity index is 339. The molecule has 4 heteroatoms. The lowest BCUT2D eigenvalue weighted by atomic mass is 9.97. The predicted molar refractivity (Wildman–Crippen MR) is 58.8 cm³/mol. The van der Waals surface area contributed by atoms with Crippen LogP contribution in [0, 0.1) is 0 Å². The second-order valence-electron chi connectivity index (χ2n) is 3.61. The van der Waals surface area contributed by atoms with Gasteiger partial charge in [-0.3, -0.25) is 0 Å². The minimum atomic E-state index is -2.26. The molecule has 0 heterocycles. The summed E-state index contributed by atoms with van der Waals surface area (Å²) in [5.41, 5.74) is -0.138. The first-order valence-corrected chi connectivity index (χ1v) is 5.88. The molecule has 0 radical (unpaired) electrons. The van der Waals surface area contributed by atoms with E-state index in [1.165, 1.54) is 0 Å². The monoisotopic (exact) mass is 324 g/mol. The molecule has 76 valence electrons. The van der Waals surface area contributed by atoms with E-state index in [4.69, 9.17) is 0 Å². The first kappa shape index (κ1) is 10.6. The number of benzene rings is 1. The summed E-state index contributed by atoms with van der Waals surface area (Å²) in [4.78, 5) is 0. The quantitative estimate of drug-likeness (QED) is 0.750. The molecule has 0 saturated heterocycles. The molecular weight excluding hydrogens is 318 g/mol. The van der Waals surface area contributed by atoms with Crippen molar-refractivity contribution in [2.45, 2.75) is 24.7 Å². The molecule has 1 aliphatic rings. The first-order valence-electron chi connectivity index (χ1n) is 4.29. The van der Waals surface area contributed by atoms with Crippen LogP contribution in [0.15, 0.2) is 27.1 Å². The largest absolute Gasteiger partial charge is 0.248 e. The molecule has 0 aliphatic heterocycles. The highest BCUT2D eigenvalue weighted by molar-refractivity contribution is 9.11. The number of halogens is 4. The fourth-order valence-electron chi connectivity index (χ4n) is 1.61. The first-order chi connectivity index (χ1) is 6.54. The highest BCUT2D eigenvalue weighted by Crippen LogP contribution is 2.53. The standard InChI is InChI=1S/C10H8Br2F2/c11-7-3-6(4-8(12)5-7)10(1-2-10)9(13)14/h3-5,9H,1-2H2. The Kier molecular flexibility index (Phi) is 2.68. The van der Waals surface area contributed by atoms with Crippen LogP contribution in [0.5, 0.6) is 0 Å². The van der Waals surface area contributed by atoms with E-state index in [1.807, 2.05) is 6.07 Å². The van der Waals surface area contributed by atoms with E-state index in [0.29, 0.717) is 12.8 Å². The van der Waals surface area contributed by atoms with Gasteiger partial charge in [0, 0.05) is 8.95 Å². The van der Waals surface area contributed by atoms with Crippen molar-refractivity contribution in [3.63, 3.8) is 0 Å². The molecule has 0 unspecified atom stereocenters. The fourth-order valence-corrected chi connectivity index (χ4v) is 2.90. The second kappa shape index (κ2) is 3.56. The lowest BCUT2D eigenvalue weighted by Gasteiger charge is -2.15. The van der Waals surface area contributed by atoms with Gasteiger partial charge in [0.15, 0.2) is 0 Å². The van der Waals surface area contributed by atoms with Crippen molar-refractivity contribution in [3.8, 4) is 0 Å². The Morgan fingerprint density at radius 3 is 1.93 bits per heavy atom. The van der Waals surface area contributed by atoms with Gasteiger partial charge < -0.3 is 0 Å². The molecule has 1 aliphatic carbocycles. The molecule has 0 N–H and O–H groups in total. The van der Waals surface area contributed by atoms with Crippen molar-refractivity contribution in [2.75, 3.05) is 0 Å². The van der Waals surface area contributed by atoms with Crippen LogP contribution in [0.4, 0.5) is 8.78 Å². The summed E-state index contributed by atoms with van der Waals surface area (Å²) in [6.07, 6.45) is -1.08. The molecule has 1 saturated carbocycles. The van der Waals surface area contributed by atoms with Gasteiger partial charge in [0.1, 0.15) is 0 Å². The highest BCUT2D eigenvalue weighted by Gasteiger charge is 2.52. The summed E-state index contributed by atoms with van der Waals surface area (Å²) in [5.74, 6) is 0. The Balaban J connectivity index is 2.42. The maximum absolute atomic E-state index is 12.8. The molecule has 0 bridgehead atoms. The minimum absolute atomic E-state index is 0.591. The van der Waals surface area contributed by atoms with E-state index in [9.17, 15) is 8.78 Å². The van der Waals surface area contributed by atoms with Crippen molar-refractivity contribution in [1.29, 1.82) is 0 Å². The summed E-state index contributed by atoms with van der Waals surface area (Å²) in [6.45, 7) is 0. The molecule has 0 atom stereocenters. The van der Waals surface area contributed by atoms with E-state index < -0.39 is 11.8 Å². The summed E-state index contributed by atoms with van der Waals surface area (Å²) in [6, 6.07) is 5.42. The van der Waals surface area contributed by atoms with Crippen LogP contribution in [0.1, 0.15) is 18.4 Å². The summed E-state index contributed by atoms with van der Waals surface area (Å²) in [5, 5.41) is 0. The van der Waals surface area contributed by atoms with E-state index in [-0.39, 0.29) is 0 Å². The van der Waals surface area contributed by atoms with Crippen LogP contribution < -0.4 is 0 Å². The van der Waals surface area contributed by atoms with E-state index in [0.717, 1.165) is 14.5 Å². The van der Waals surface area contributed by atoms with Gasteiger partial charge in [0.05, 0.1) is 5.41 Å². The smallest absolute Gasteiger partial charge is 0.210 e. The van der Waals surface area contributed by atoms with Crippen molar-refractivity contribution in [1.82, 2.24) is 0 Å². The second-order valence-corrected chi connectivity index (χ2v) is 5.45. The van der Waals surface area contributed by atoms with E-state index in [1.54, 1.807) is 12.1 Å². The fraction of sp³-hybridized carbons (Fsp3) is 0.400. The van der Waals surface area contributed by atoms with Crippen molar-refractivity contribution in [3.05, 3.63) is 32.7 Å². The Morgan fingerprint density at radius 2 is 1.57 bits per heavy atom. The van der Waals surface area contributed by atoms with Crippen LogP contribution in [0.25, 0.3) is 0 Å². The minimum Gasteiger partial charge on any atom is -0.210 e. The molecule has 0 spiro atoms. The van der Waals surface area contributed by atoms with Gasteiger partial charge in [-0.25, -0.2) is 8.78 Å². The summed E-state index contributed by atoms with van der Waals surface area (Å²) < 4.78 is 27.3. The summed E-state index contributed by atoms with van der Waals surface area (Å²) in [7, 11) is 0. The predicted octanol–water partition coefficient (Wildman–Crippen LogP) is 4.51. The van der Waals surface area contributed by atoms with Gasteiger partial charge in [0.25, 0.3) is 0 Å². The molecular formula is C10H8Br2F2. The Labute approximate surface area is 98.0 Å². The zero-order valence-electron chi connectivity index (χ0n) is 7.24. The van der Waals surface area contributed by atoms with Gasteiger partial charge in [-0.15, -0.1) is 0 Å². The summed E-state index contributed by atoms with van der Waals surface area (Å²) >= 11 is 6.61. The van der Waals surface area contributed by atoms with Crippen LogP contribution in [-0.2, 0) is 5.41 Å². The average molecular weight is 326 g/mol. The number of alkyl halides is 2. The zero-order chi connectivity index (χ0) is 10.3. The molecule has 0 nitrogen and oxygen atoms in total. The van der Waals surface area contributed by atoms with E-state index >= 15 is 0 Å². The van der Waals surface area contributed by atoms with Gasteiger partial charge in [-0.05, 0) is 36.6 Å². The lowest BCUT2D eigenvalue weighted by Crippen LogP contribution is -2.17. The number of hydrogen-bond donors (Lipinski definition) is 0. The van der Waals surface area contributed by atoms with E-state index in [2.05, 4.69) is 31.9 Å². The molecule has 1 aromatic carbocycles. The van der Waals surface area contributed by atoms with Gasteiger partial charge in [-0.1, -0.05) is 31.9 Å². The van der Waals surface area contributed by atoms with Crippen molar-refractivity contribution >= 4 is 31.9 Å². The SMILES string of the molecule is FC(F)C1(c2cc(Br)cc(Br)c2)CC1. The third kappa shape index (κ3) is 1.74. The van der Waals surface area contributed by atoms with Crippen LogP contribution >= 0.6 is 31.9 Å². The normalized spacial score (nSPS) is 18.6. The highest BCUT2D eigenvalue weighted by atomic mass is 79.9. The molecule has 0 amide bonds. The number of hydrogen-bond acceptors (Lipinski definition) is 0. The third-order valence-electron chi connectivity index (χ3n) is 2.64. The Hall–Kier alpha value is 0.0400. The van der Waals surface area contributed by atoms with Gasteiger partial charge >= 0.3 is 0 Å². The molecule has 1 fully saturated rings. The third-order valence-corrected chi connectivity index (χ3v) is 3.56. The average Bonchev–Trinajstić information content (AvgIpc) is 2.81. The topological polar surface area (TPSA) is 0 Å². The molecule has 14 heavy (non-hydrogen) atoms. The number of rotatable bonds is 2. The van der Waals surface area contributed by atoms with Crippen LogP contribution in [0.3, 0.4) is 0 Å². The molecule has 2 rings (SSSR count). The molecule has 0 aromatic heterocycles. The van der Waals surface area contributed by atoms with Crippen LogP contribution in [-0.4, -0.2) is 6.43 Å². The van der Waals surface area contributed by atoms with Crippen LogP contribution in [0.2, 0.25) is 0 Å². The van der Waals surface area contributed by atoms with Gasteiger partial charge in [0.2, 0.25) is 6.43 Å². The van der Waals surface area contributed by atoms with Gasteiger partial charge in [-0.2, -0.15) is 0 Å². The van der Waals surface area contributed by atoms with Crippen molar-refractivity contribution < 1.29 is 8.78 Å². The Morgan fingerprint density at radius 1 is 1.07 bits per heavy atom. The maximum Gasteiger partial charge on any atom is 0.248 e. The maximum atomic E-state index is 12.8. The van der Waals surface area contributed by atoms with Crippen molar-refractivity contribution in [2.24, 2.45) is 0 Å². The molecule has 1 aromatic rings.